The molecule has 4 rings (SSSR count). The van der Waals surface area contributed by atoms with Crippen molar-refractivity contribution in [2.45, 2.75) is 11.3 Å². The lowest BCUT2D eigenvalue weighted by Crippen LogP contribution is -2.48. The fraction of sp³-hybridized carbons (Fsp3) is 0.318. The SMILES string of the molecule is COc1ccc(Cc2csc(N3CCN(S(=O)(=O)c4ccc(Cl)cc4)CC3)n2)c(OC)c1. The first-order valence-corrected chi connectivity index (χ1v) is 12.8. The zero-order valence-corrected chi connectivity index (χ0v) is 20.2. The molecule has 0 N–H and O–H groups in total. The molecule has 3 aromatic rings. The van der Waals surface area contributed by atoms with Crippen LogP contribution in [0, 0.1) is 0 Å². The number of anilines is 1. The van der Waals surface area contributed by atoms with Crippen LogP contribution in [0.5, 0.6) is 11.5 Å². The smallest absolute Gasteiger partial charge is 0.243 e. The van der Waals surface area contributed by atoms with Crippen LogP contribution in [0.4, 0.5) is 5.13 Å². The van der Waals surface area contributed by atoms with Crippen molar-refractivity contribution in [1.29, 1.82) is 0 Å². The van der Waals surface area contributed by atoms with E-state index in [0.29, 0.717) is 37.6 Å². The monoisotopic (exact) mass is 493 g/mol. The van der Waals surface area contributed by atoms with Gasteiger partial charge in [0.25, 0.3) is 0 Å². The zero-order chi connectivity index (χ0) is 22.7. The molecule has 32 heavy (non-hydrogen) atoms. The Bertz CT molecular complexity index is 1170. The van der Waals surface area contributed by atoms with Crippen molar-refractivity contribution >= 4 is 38.1 Å². The van der Waals surface area contributed by atoms with Gasteiger partial charge in [0.15, 0.2) is 5.13 Å². The molecule has 2 aromatic carbocycles. The largest absolute Gasteiger partial charge is 0.497 e. The Hall–Kier alpha value is -2.33. The van der Waals surface area contributed by atoms with Gasteiger partial charge in [0.05, 0.1) is 24.8 Å². The number of halogens is 1. The summed E-state index contributed by atoms with van der Waals surface area (Å²) in [4.78, 5) is 7.17. The minimum absolute atomic E-state index is 0.264. The number of piperazine rings is 1. The molecule has 0 unspecified atom stereocenters. The second kappa shape index (κ2) is 9.66. The highest BCUT2D eigenvalue weighted by Crippen LogP contribution is 2.29. The maximum Gasteiger partial charge on any atom is 0.243 e. The van der Waals surface area contributed by atoms with Crippen LogP contribution in [-0.4, -0.2) is 58.1 Å². The normalized spacial score (nSPS) is 15.0. The predicted octanol–water partition coefficient (Wildman–Crippen LogP) is 3.92. The second-order valence-electron chi connectivity index (χ2n) is 7.32. The standard InChI is InChI=1S/C22H24ClN3O4S2/c1-29-19-6-3-16(21(14-19)30-2)13-18-15-31-22(24-18)25-9-11-26(12-10-25)32(27,28)20-7-4-17(23)5-8-20/h3-8,14-15H,9-13H2,1-2H3. The summed E-state index contributed by atoms with van der Waals surface area (Å²) in [6.45, 7) is 2.00. The number of sulfonamides is 1. The van der Waals surface area contributed by atoms with Gasteiger partial charge in [-0.15, -0.1) is 11.3 Å². The van der Waals surface area contributed by atoms with E-state index in [1.54, 1.807) is 49.8 Å². The Morgan fingerprint density at radius 3 is 2.41 bits per heavy atom. The summed E-state index contributed by atoms with van der Waals surface area (Å²) in [5.74, 6) is 1.51. The molecule has 1 aliphatic rings. The van der Waals surface area contributed by atoms with Crippen molar-refractivity contribution in [3.05, 3.63) is 64.1 Å². The van der Waals surface area contributed by atoms with E-state index in [0.717, 1.165) is 27.9 Å². The fourth-order valence-corrected chi connectivity index (χ4v) is 6.02. The quantitative estimate of drug-likeness (QED) is 0.497. The maximum atomic E-state index is 12.9. The molecule has 10 heteroatoms. The summed E-state index contributed by atoms with van der Waals surface area (Å²) < 4.78 is 38.0. The van der Waals surface area contributed by atoms with Crippen LogP contribution < -0.4 is 14.4 Å². The van der Waals surface area contributed by atoms with Gasteiger partial charge in [0, 0.05) is 54.6 Å². The Morgan fingerprint density at radius 1 is 1.03 bits per heavy atom. The average molecular weight is 494 g/mol. The Balaban J connectivity index is 1.41. The predicted molar refractivity (Wildman–Crippen MR) is 127 cm³/mol. The van der Waals surface area contributed by atoms with Crippen molar-refractivity contribution in [3.63, 3.8) is 0 Å². The van der Waals surface area contributed by atoms with Crippen LogP contribution in [0.2, 0.25) is 5.02 Å². The van der Waals surface area contributed by atoms with Crippen LogP contribution >= 0.6 is 22.9 Å². The van der Waals surface area contributed by atoms with Gasteiger partial charge in [0.1, 0.15) is 11.5 Å². The number of methoxy groups -OCH3 is 2. The van der Waals surface area contributed by atoms with Gasteiger partial charge >= 0.3 is 0 Å². The third-order valence-corrected chi connectivity index (χ3v) is 8.48. The Kier molecular flexibility index (Phi) is 6.90. The van der Waals surface area contributed by atoms with Crippen molar-refractivity contribution in [2.24, 2.45) is 0 Å². The van der Waals surface area contributed by atoms with E-state index >= 15 is 0 Å². The fourth-order valence-electron chi connectivity index (χ4n) is 3.59. The first-order valence-electron chi connectivity index (χ1n) is 10.1. The Morgan fingerprint density at radius 2 is 1.75 bits per heavy atom. The molecule has 0 radical (unpaired) electrons. The first-order chi connectivity index (χ1) is 15.4. The van der Waals surface area contributed by atoms with Gasteiger partial charge < -0.3 is 14.4 Å². The molecule has 7 nitrogen and oxygen atoms in total. The summed E-state index contributed by atoms with van der Waals surface area (Å²) in [6, 6.07) is 12.0. The zero-order valence-electron chi connectivity index (χ0n) is 17.8. The number of hydrogen-bond acceptors (Lipinski definition) is 7. The molecule has 1 fully saturated rings. The van der Waals surface area contributed by atoms with E-state index in [2.05, 4.69) is 4.90 Å². The highest BCUT2D eigenvalue weighted by molar-refractivity contribution is 7.89. The number of hydrogen-bond donors (Lipinski definition) is 0. The molecule has 1 aromatic heterocycles. The lowest BCUT2D eigenvalue weighted by molar-refractivity contribution is 0.384. The van der Waals surface area contributed by atoms with Crippen LogP contribution in [-0.2, 0) is 16.4 Å². The van der Waals surface area contributed by atoms with Gasteiger partial charge in [-0.2, -0.15) is 4.31 Å². The highest BCUT2D eigenvalue weighted by atomic mass is 35.5. The van der Waals surface area contributed by atoms with Gasteiger partial charge in [-0.25, -0.2) is 13.4 Å². The van der Waals surface area contributed by atoms with E-state index in [4.69, 9.17) is 26.1 Å². The van der Waals surface area contributed by atoms with E-state index in [1.165, 1.54) is 4.31 Å². The van der Waals surface area contributed by atoms with Crippen molar-refractivity contribution in [3.8, 4) is 11.5 Å². The number of ether oxygens (including phenoxy) is 2. The maximum absolute atomic E-state index is 12.9. The summed E-state index contributed by atoms with van der Waals surface area (Å²) in [5.41, 5.74) is 1.98. The molecular formula is C22H24ClN3O4S2. The minimum atomic E-state index is -3.53. The second-order valence-corrected chi connectivity index (χ2v) is 10.5. The average Bonchev–Trinajstić information content (AvgIpc) is 3.28. The number of rotatable bonds is 7. The number of benzene rings is 2. The summed E-state index contributed by atoms with van der Waals surface area (Å²) >= 11 is 7.45. The molecule has 0 bridgehead atoms. The van der Waals surface area contributed by atoms with Gasteiger partial charge in [-0.05, 0) is 30.3 Å². The van der Waals surface area contributed by atoms with Crippen LogP contribution in [0.25, 0.3) is 0 Å². The van der Waals surface area contributed by atoms with Crippen molar-refractivity contribution in [1.82, 2.24) is 9.29 Å². The van der Waals surface area contributed by atoms with Crippen LogP contribution in [0.1, 0.15) is 11.3 Å². The third-order valence-electron chi connectivity index (χ3n) is 5.37. The molecule has 2 heterocycles. The van der Waals surface area contributed by atoms with E-state index < -0.39 is 10.0 Å². The lowest BCUT2D eigenvalue weighted by Gasteiger charge is -2.33. The first kappa shape index (κ1) is 22.8. The molecule has 1 saturated heterocycles. The number of thiazole rings is 1. The van der Waals surface area contributed by atoms with E-state index in [-0.39, 0.29) is 4.90 Å². The van der Waals surface area contributed by atoms with Crippen LogP contribution in [0.3, 0.4) is 0 Å². The molecular weight excluding hydrogens is 470 g/mol. The summed E-state index contributed by atoms with van der Waals surface area (Å²) in [5, 5.41) is 3.45. The third kappa shape index (κ3) is 4.85. The van der Waals surface area contributed by atoms with Crippen molar-refractivity contribution in [2.75, 3.05) is 45.3 Å². The molecule has 0 atom stereocenters. The summed E-state index contributed by atoms with van der Waals surface area (Å²) in [6.07, 6.45) is 0.647. The molecule has 1 aliphatic heterocycles. The Labute approximate surface area is 197 Å². The number of nitrogens with zero attached hydrogens (tertiary/aromatic N) is 3. The molecule has 0 aliphatic carbocycles. The van der Waals surface area contributed by atoms with E-state index in [9.17, 15) is 8.42 Å². The summed E-state index contributed by atoms with van der Waals surface area (Å²) in [7, 11) is -0.259. The number of aromatic nitrogens is 1. The van der Waals surface area contributed by atoms with Gasteiger partial charge in [-0.3, -0.25) is 0 Å². The topological polar surface area (TPSA) is 72.0 Å². The highest BCUT2D eigenvalue weighted by Gasteiger charge is 2.29. The molecule has 0 spiro atoms. The van der Waals surface area contributed by atoms with Gasteiger partial charge in [0.2, 0.25) is 10.0 Å². The van der Waals surface area contributed by atoms with Crippen LogP contribution in [0.15, 0.2) is 52.7 Å². The minimum Gasteiger partial charge on any atom is -0.497 e. The molecule has 170 valence electrons. The van der Waals surface area contributed by atoms with E-state index in [1.807, 2.05) is 23.6 Å². The lowest BCUT2D eigenvalue weighted by atomic mass is 10.1. The van der Waals surface area contributed by atoms with Crippen molar-refractivity contribution < 1.29 is 17.9 Å². The van der Waals surface area contributed by atoms with Gasteiger partial charge in [-0.1, -0.05) is 17.7 Å². The molecule has 0 saturated carbocycles. The molecule has 0 amide bonds.